The molecule has 0 saturated carbocycles. The minimum atomic E-state index is -3.91. The van der Waals surface area contributed by atoms with Gasteiger partial charge in [0.15, 0.2) is 0 Å². The van der Waals surface area contributed by atoms with Crippen molar-refractivity contribution >= 4 is 31.6 Å². The van der Waals surface area contributed by atoms with Gasteiger partial charge in [0.25, 0.3) is 0 Å². The third kappa shape index (κ3) is 5.50. The Kier molecular flexibility index (Phi) is 6.21. The fraction of sp³-hybridized carbons (Fsp3) is 0.188. The summed E-state index contributed by atoms with van der Waals surface area (Å²) in [7, 11) is -6.29. The van der Waals surface area contributed by atoms with Gasteiger partial charge >= 0.3 is 0 Å². The highest BCUT2D eigenvalue weighted by Gasteiger charge is 2.22. The van der Waals surface area contributed by atoms with Crippen molar-refractivity contribution in [1.29, 1.82) is 0 Å². The second kappa shape index (κ2) is 8.05. The lowest BCUT2D eigenvalue weighted by molar-refractivity contribution is -0.117. The predicted molar refractivity (Wildman–Crippen MR) is 99.2 cm³/mol. The molecular formula is C16H19N3O6S2. The first-order valence-corrected chi connectivity index (χ1v) is 10.7. The van der Waals surface area contributed by atoms with Crippen LogP contribution in [-0.2, 0) is 24.8 Å². The quantitative estimate of drug-likeness (QED) is 0.608. The lowest BCUT2D eigenvalue weighted by atomic mass is 10.3. The number of benzene rings is 2. The molecule has 0 aliphatic carbocycles. The molecule has 27 heavy (non-hydrogen) atoms. The first-order valence-electron chi connectivity index (χ1n) is 7.63. The average molecular weight is 413 g/mol. The van der Waals surface area contributed by atoms with E-state index in [1.54, 1.807) is 0 Å². The summed E-state index contributed by atoms with van der Waals surface area (Å²) in [5.41, 5.74) is 0.294. The first kappa shape index (κ1) is 20.8. The highest BCUT2D eigenvalue weighted by atomic mass is 32.2. The zero-order chi connectivity index (χ0) is 20.2. The molecule has 1 unspecified atom stereocenters. The SMILES string of the molecule is COc1ccc(S(=O)(=O)NC(C)C(=O)Nc2ccc(S(N)(=O)=O)cc2)cc1. The van der Waals surface area contributed by atoms with E-state index in [1.165, 1.54) is 62.6 Å². The second-order valence-corrected chi connectivity index (χ2v) is 8.85. The van der Waals surface area contributed by atoms with Crippen LogP contribution in [0.2, 0.25) is 0 Å². The molecule has 0 heterocycles. The molecule has 0 saturated heterocycles. The standard InChI is InChI=1S/C16H19N3O6S2/c1-11(19-27(23,24)15-9-5-13(25-2)6-10-15)16(20)18-12-3-7-14(8-4-12)26(17,21)22/h3-11,19H,1-2H3,(H,18,20)(H2,17,21,22). The van der Waals surface area contributed by atoms with Gasteiger partial charge in [-0.2, -0.15) is 4.72 Å². The summed E-state index contributed by atoms with van der Waals surface area (Å²) in [5.74, 6) is -0.113. The molecule has 0 fully saturated rings. The number of nitrogens with one attached hydrogen (secondary N) is 2. The largest absolute Gasteiger partial charge is 0.497 e. The van der Waals surface area contributed by atoms with Gasteiger partial charge in [0.05, 0.1) is 22.9 Å². The van der Waals surface area contributed by atoms with Crippen LogP contribution < -0.4 is 19.9 Å². The Morgan fingerprint density at radius 3 is 1.96 bits per heavy atom. The van der Waals surface area contributed by atoms with Crippen molar-refractivity contribution in [2.75, 3.05) is 12.4 Å². The number of ether oxygens (including phenoxy) is 1. The number of primary sulfonamides is 1. The molecule has 11 heteroatoms. The smallest absolute Gasteiger partial charge is 0.242 e. The number of carbonyl (C=O) groups is 1. The Labute approximate surface area is 157 Å². The molecule has 2 aromatic carbocycles. The van der Waals surface area contributed by atoms with E-state index in [9.17, 15) is 21.6 Å². The Bertz CT molecular complexity index is 1020. The van der Waals surface area contributed by atoms with Crippen LogP contribution in [0.15, 0.2) is 58.3 Å². The van der Waals surface area contributed by atoms with Crippen LogP contribution in [-0.4, -0.2) is 35.9 Å². The van der Waals surface area contributed by atoms with Crippen LogP contribution in [0.25, 0.3) is 0 Å². The molecule has 0 aliphatic rings. The topological polar surface area (TPSA) is 145 Å². The number of sulfonamides is 2. The van der Waals surface area contributed by atoms with Gasteiger partial charge in [-0.05, 0) is 55.5 Å². The van der Waals surface area contributed by atoms with Crippen molar-refractivity contribution in [2.45, 2.75) is 22.8 Å². The molecule has 2 rings (SSSR count). The minimum absolute atomic E-state index is 0.0135. The molecule has 1 atom stereocenters. The van der Waals surface area contributed by atoms with Crippen molar-refractivity contribution in [3.8, 4) is 5.75 Å². The van der Waals surface area contributed by atoms with Gasteiger partial charge in [-0.25, -0.2) is 22.0 Å². The number of methoxy groups -OCH3 is 1. The van der Waals surface area contributed by atoms with Gasteiger partial charge in [0.1, 0.15) is 5.75 Å². The van der Waals surface area contributed by atoms with Gasteiger partial charge in [0, 0.05) is 5.69 Å². The fourth-order valence-corrected chi connectivity index (χ4v) is 3.81. The zero-order valence-electron chi connectivity index (χ0n) is 14.5. The van der Waals surface area contributed by atoms with Gasteiger partial charge in [0.2, 0.25) is 26.0 Å². The van der Waals surface area contributed by atoms with Crippen molar-refractivity contribution in [1.82, 2.24) is 4.72 Å². The Morgan fingerprint density at radius 2 is 1.48 bits per heavy atom. The van der Waals surface area contributed by atoms with Crippen LogP contribution in [0, 0.1) is 0 Å². The summed E-state index contributed by atoms with van der Waals surface area (Å²) >= 11 is 0. The molecule has 2 aromatic rings. The lowest BCUT2D eigenvalue weighted by Gasteiger charge is -2.15. The molecule has 1 amide bonds. The Morgan fingerprint density at radius 1 is 0.963 bits per heavy atom. The third-order valence-electron chi connectivity index (χ3n) is 3.55. The highest BCUT2D eigenvalue weighted by Crippen LogP contribution is 2.16. The van der Waals surface area contributed by atoms with E-state index in [1.807, 2.05) is 0 Å². The molecule has 4 N–H and O–H groups in total. The van der Waals surface area contributed by atoms with Gasteiger partial charge < -0.3 is 10.1 Å². The number of amides is 1. The van der Waals surface area contributed by atoms with E-state index in [-0.39, 0.29) is 9.79 Å². The molecule has 0 aromatic heterocycles. The van der Waals surface area contributed by atoms with Crippen LogP contribution in [0.4, 0.5) is 5.69 Å². The van der Waals surface area contributed by atoms with Crippen molar-refractivity contribution < 1.29 is 26.4 Å². The van der Waals surface area contributed by atoms with Crippen LogP contribution >= 0.6 is 0 Å². The first-order chi connectivity index (χ1) is 12.5. The zero-order valence-corrected chi connectivity index (χ0v) is 16.2. The molecule has 0 spiro atoms. The van der Waals surface area contributed by atoms with Gasteiger partial charge in [-0.1, -0.05) is 0 Å². The summed E-state index contributed by atoms with van der Waals surface area (Å²) in [6, 6.07) is 9.79. The maximum atomic E-state index is 12.3. The minimum Gasteiger partial charge on any atom is -0.497 e. The number of nitrogens with two attached hydrogens (primary N) is 1. The fourth-order valence-electron chi connectivity index (χ4n) is 2.09. The van der Waals surface area contributed by atoms with Crippen molar-refractivity contribution in [3.05, 3.63) is 48.5 Å². The predicted octanol–water partition coefficient (Wildman–Crippen LogP) is 0.648. The van der Waals surface area contributed by atoms with E-state index in [0.717, 1.165) is 0 Å². The van der Waals surface area contributed by atoms with E-state index in [2.05, 4.69) is 10.0 Å². The van der Waals surface area contributed by atoms with E-state index >= 15 is 0 Å². The maximum Gasteiger partial charge on any atom is 0.242 e. The number of rotatable bonds is 7. The average Bonchev–Trinajstić information content (AvgIpc) is 2.61. The van der Waals surface area contributed by atoms with E-state index in [4.69, 9.17) is 9.88 Å². The third-order valence-corrected chi connectivity index (χ3v) is 6.03. The molecule has 0 aliphatic heterocycles. The normalized spacial score (nSPS) is 13.0. The van der Waals surface area contributed by atoms with Crippen LogP contribution in [0.3, 0.4) is 0 Å². The summed E-state index contributed by atoms with van der Waals surface area (Å²) < 4.78 is 54.3. The summed E-state index contributed by atoms with van der Waals surface area (Å²) in [5, 5.41) is 7.49. The molecule has 0 radical (unpaired) electrons. The van der Waals surface area contributed by atoms with Crippen molar-refractivity contribution in [3.63, 3.8) is 0 Å². The lowest BCUT2D eigenvalue weighted by Crippen LogP contribution is -2.41. The molecule has 9 nitrogen and oxygen atoms in total. The monoisotopic (exact) mass is 413 g/mol. The molecular weight excluding hydrogens is 394 g/mol. The summed E-state index contributed by atoms with van der Waals surface area (Å²) in [6.45, 7) is 1.38. The van der Waals surface area contributed by atoms with E-state index < -0.39 is 32.0 Å². The molecule has 0 bridgehead atoms. The number of anilines is 1. The van der Waals surface area contributed by atoms with Gasteiger partial charge in [-0.15, -0.1) is 0 Å². The second-order valence-electron chi connectivity index (χ2n) is 5.58. The van der Waals surface area contributed by atoms with E-state index in [0.29, 0.717) is 11.4 Å². The molecule has 146 valence electrons. The Balaban J connectivity index is 2.06. The number of hydrogen-bond acceptors (Lipinski definition) is 6. The van der Waals surface area contributed by atoms with Crippen LogP contribution in [0.1, 0.15) is 6.92 Å². The summed E-state index contributed by atoms with van der Waals surface area (Å²) in [6.07, 6.45) is 0. The van der Waals surface area contributed by atoms with Crippen LogP contribution in [0.5, 0.6) is 5.75 Å². The summed E-state index contributed by atoms with van der Waals surface area (Å²) in [4.78, 5) is 12.1. The number of hydrogen-bond donors (Lipinski definition) is 3. The number of carbonyl (C=O) groups excluding carboxylic acids is 1. The van der Waals surface area contributed by atoms with Gasteiger partial charge in [-0.3, -0.25) is 4.79 Å². The maximum absolute atomic E-state index is 12.3. The highest BCUT2D eigenvalue weighted by molar-refractivity contribution is 7.89. The van der Waals surface area contributed by atoms with Crippen molar-refractivity contribution in [2.24, 2.45) is 5.14 Å². The Hall–Kier alpha value is -2.47.